The number of hydrogen-bond donors (Lipinski definition) is 1. The van der Waals surface area contributed by atoms with E-state index in [0.29, 0.717) is 17.9 Å². The Balaban J connectivity index is 1.59. The molecule has 0 unspecified atom stereocenters. The number of carbonyl (C=O) groups is 1. The maximum Gasteiger partial charge on any atom is 0.220 e. The van der Waals surface area contributed by atoms with Crippen LogP contribution in [-0.2, 0) is 11.2 Å². The van der Waals surface area contributed by atoms with Crippen molar-refractivity contribution >= 4 is 44.6 Å². The van der Waals surface area contributed by atoms with Crippen molar-refractivity contribution < 1.29 is 4.79 Å². The van der Waals surface area contributed by atoms with Gasteiger partial charge >= 0.3 is 0 Å². The highest BCUT2D eigenvalue weighted by Crippen LogP contribution is 2.35. The van der Waals surface area contributed by atoms with Crippen molar-refractivity contribution in [3.05, 3.63) is 83.6 Å². The maximum atomic E-state index is 12.4. The van der Waals surface area contributed by atoms with Gasteiger partial charge in [0.1, 0.15) is 5.65 Å². The summed E-state index contributed by atoms with van der Waals surface area (Å²) < 4.78 is 3.40. The lowest BCUT2D eigenvalue weighted by Gasteiger charge is -2.10. The fourth-order valence-corrected chi connectivity index (χ4v) is 5.25. The van der Waals surface area contributed by atoms with Gasteiger partial charge in [0.05, 0.1) is 11.4 Å². The number of rotatable bonds is 6. The number of fused-ring (bicyclic) bond motifs is 2. The van der Waals surface area contributed by atoms with Crippen molar-refractivity contribution in [1.82, 2.24) is 14.7 Å². The van der Waals surface area contributed by atoms with Gasteiger partial charge in [0.15, 0.2) is 0 Å². The third-order valence-corrected chi connectivity index (χ3v) is 7.00. The van der Waals surface area contributed by atoms with Gasteiger partial charge in [0.25, 0.3) is 0 Å². The summed E-state index contributed by atoms with van der Waals surface area (Å²) in [7, 11) is 0. The molecule has 1 N–H and O–H groups in total. The van der Waals surface area contributed by atoms with Gasteiger partial charge in [0, 0.05) is 44.4 Å². The number of nitrogens with zero attached hydrogens (tertiary/aromatic N) is 2. The van der Waals surface area contributed by atoms with Crippen molar-refractivity contribution in [2.24, 2.45) is 0 Å². The molecule has 3 heterocycles. The van der Waals surface area contributed by atoms with Gasteiger partial charge in [-0.15, -0.1) is 11.3 Å². The lowest BCUT2D eigenvalue weighted by atomic mass is 10.1. The fourth-order valence-electron chi connectivity index (χ4n) is 4.07. The Hall–Kier alpha value is -3.15. The highest BCUT2D eigenvalue weighted by atomic mass is 35.5. The predicted octanol–water partition coefficient (Wildman–Crippen LogP) is 6.99. The maximum absolute atomic E-state index is 12.4. The molecule has 2 aromatic carbocycles. The minimum absolute atomic E-state index is 0.0441. The topological polar surface area (TPSA) is 46.4 Å². The van der Waals surface area contributed by atoms with E-state index in [-0.39, 0.29) is 11.9 Å². The van der Waals surface area contributed by atoms with Gasteiger partial charge in [-0.25, -0.2) is 4.98 Å². The average molecular weight is 474 g/mol. The summed E-state index contributed by atoms with van der Waals surface area (Å²) >= 11 is 7.90. The Morgan fingerprint density at radius 3 is 2.58 bits per heavy atom. The Labute approximate surface area is 201 Å². The first-order valence-corrected chi connectivity index (χ1v) is 12.2. The lowest BCUT2D eigenvalue weighted by Crippen LogP contribution is -2.30. The highest BCUT2D eigenvalue weighted by Gasteiger charge is 2.17. The Morgan fingerprint density at radius 2 is 1.82 bits per heavy atom. The van der Waals surface area contributed by atoms with Crippen LogP contribution in [0.4, 0.5) is 0 Å². The Bertz CT molecular complexity index is 1420. The van der Waals surface area contributed by atoms with Crippen LogP contribution in [-0.4, -0.2) is 21.3 Å². The van der Waals surface area contributed by atoms with Crippen molar-refractivity contribution in [3.63, 3.8) is 0 Å². The van der Waals surface area contributed by atoms with Crippen LogP contribution in [0.1, 0.15) is 26.0 Å². The summed E-state index contributed by atoms with van der Waals surface area (Å²) in [5.41, 5.74) is 4.90. The standard InChI is InChI=1S/C27H24ClN3OS/c1-17(2)29-26(32)14-12-22-27(18-7-10-21(28)11-8-18)30-25-13-9-20(16-31(22)25)24-15-19-5-3-4-6-23(19)33-24/h3-11,13,15-17H,12,14H2,1-2H3,(H,29,32). The molecule has 0 spiro atoms. The van der Waals surface area contributed by atoms with E-state index in [4.69, 9.17) is 16.6 Å². The highest BCUT2D eigenvalue weighted by molar-refractivity contribution is 7.22. The number of carbonyl (C=O) groups excluding carboxylic acids is 1. The van der Waals surface area contributed by atoms with E-state index in [1.54, 1.807) is 11.3 Å². The molecule has 5 rings (SSSR count). The first-order valence-electron chi connectivity index (χ1n) is 11.0. The van der Waals surface area contributed by atoms with Crippen LogP contribution in [0, 0.1) is 0 Å². The second-order valence-electron chi connectivity index (χ2n) is 8.43. The molecule has 0 bridgehead atoms. The minimum Gasteiger partial charge on any atom is -0.354 e. The molecule has 0 saturated carbocycles. The zero-order valence-corrected chi connectivity index (χ0v) is 20.1. The van der Waals surface area contributed by atoms with Gasteiger partial charge in [-0.2, -0.15) is 0 Å². The number of halogens is 1. The van der Waals surface area contributed by atoms with Crippen LogP contribution >= 0.6 is 22.9 Å². The summed E-state index contributed by atoms with van der Waals surface area (Å²) in [6.07, 6.45) is 3.13. The largest absolute Gasteiger partial charge is 0.354 e. The molecule has 0 fully saturated rings. The molecule has 3 aromatic heterocycles. The first kappa shape index (κ1) is 21.7. The molecule has 0 aliphatic rings. The number of imidazole rings is 1. The van der Waals surface area contributed by atoms with E-state index in [1.807, 2.05) is 38.1 Å². The van der Waals surface area contributed by atoms with Crippen molar-refractivity contribution in [2.75, 3.05) is 0 Å². The molecule has 166 valence electrons. The number of hydrogen-bond acceptors (Lipinski definition) is 3. The van der Waals surface area contributed by atoms with Gasteiger partial charge in [0.2, 0.25) is 5.91 Å². The molecule has 4 nitrogen and oxygen atoms in total. The summed E-state index contributed by atoms with van der Waals surface area (Å²) in [5.74, 6) is 0.0441. The van der Waals surface area contributed by atoms with Crippen molar-refractivity contribution in [1.29, 1.82) is 0 Å². The van der Waals surface area contributed by atoms with Crippen molar-refractivity contribution in [3.8, 4) is 21.7 Å². The summed E-state index contributed by atoms with van der Waals surface area (Å²) in [6, 6.07) is 22.7. The number of aryl methyl sites for hydroxylation is 1. The summed E-state index contributed by atoms with van der Waals surface area (Å²) in [5, 5.41) is 4.92. The van der Waals surface area contributed by atoms with Crippen LogP contribution in [0.5, 0.6) is 0 Å². The molecule has 0 saturated heterocycles. The average Bonchev–Trinajstić information content (AvgIpc) is 3.39. The molecule has 0 aliphatic heterocycles. The lowest BCUT2D eigenvalue weighted by molar-refractivity contribution is -0.121. The quantitative estimate of drug-likeness (QED) is 0.288. The molecular weight excluding hydrogens is 450 g/mol. The molecule has 5 aromatic rings. The van der Waals surface area contributed by atoms with Gasteiger partial charge in [-0.1, -0.05) is 41.9 Å². The number of amides is 1. The van der Waals surface area contributed by atoms with Crippen LogP contribution in [0.25, 0.3) is 37.4 Å². The van der Waals surface area contributed by atoms with Gasteiger partial charge in [-0.05, 0) is 62.1 Å². The van der Waals surface area contributed by atoms with Crippen LogP contribution in [0.15, 0.2) is 72.9 Å². The molecule has 0 atom stereocenters. The number of benzene rings is 2. The molecular formula is C27H24ClN3OS. The number of pyridine rings is 1. The number of thiophene rings is 1. The molecule has 6 heteroatoms. The van der Waals surface area contributed by atoms with Crippen molar-refractivity contribution in [2.45, 2.75) is 32.7 Å². The Morgan fingerprint density at radius 1 is 1.06 bits per heavy atom. The molecule has 0 aliphatic carbocycles. The zero-order valence-electron chi connectivity index (χ0n) is 18.5. The number of aromatic nitrogens is 2. The third kappa shape index (κ3) is 4.52. The normalized spacial score (nSPS) is 11.5. The van der Waals surface area contributed by atoms with E-state index in [9.17, 15) is 4.79 Å². The minimum atomic E-state index is 0.0441. The Kier molecular flexibility index (Phi) is 5.92. The van der Waals surface area contributed by atoms with Crippen LogP contribution in [0.2, 0.25) is 5.02 Å². The third-order valence-electron chi connectivity index (χ3n) is 5.58. The SMILES string of the molecule is CC(C)NC(=O)CCc1c(-c2ccc(Cl)cc2)nc2ccc(-c3cc4ccccc4s3)cn12. The molecule has 0 radical (unpaired) electrons. The molecule has 1 amide bonds. The summed E-state index contributed by atoms with van der Waals surface area (Å²) in [4.78, 5) is 18.5. The zero-order chi connectivity index (χ0) is 22.9. The smallest absolute Gasteiger partial charge is 0.220 e. The monoisotopic (exact) mass is 473 g/mol. The van der Waals surface area contributed by atoms with Crippen LogP contribution in [0.3, 0.4) is 0 Å². The fraction of sp³-hybridized carbons (Fsp3) is 0.185. The second kappa shape index (κ2) is 9.00. The van der Waals surface area contributed by atoms with Gasteiger partial charge in [-0.3, -0.25) is 4.79 Å². The number of nitrogens with one attached hydrogen (secondary N) is 1. The van der Waals surface area contributed by atoms with E-state index >= 15 is 0 Å². The van der Waals surface area contributed by atoms with Gasteiger partial charge < -0.3 is 9.72 Å². The van der Waals surface area contributed by atoms with E-state index in [2.05, 4.69) is 58.4 Å². The van der Waals surface area contributed by atoms with E-state index < -0.39 is 0 Å². The van der Waals surface area contributed by atoms with E-state index in [1.165, 1.54) is 15.0 Å². The predicted molar refractivity (Wildman–Crippen MR) is 138 cm³/mol. The van der Waals surface area contributed by atoms with E-state index in [0.717, 1.165) is 28.2 Å². The molecule has 33 heavy (non-hydrogen) atoms. The first-order chi connectivity index (χ1) is 16.0. The summed E-state index contributed by atoms with van der Waals surface area (Å²) in [6.45, 7) is 3.95. The van der Waals surface area contributed by atoms with Crippen LogP contribution < -0.4 is 5.32 Å². The second-order valence-corrected chi connectivity index (χ2v) is 9.95.